The highest BCUT2D eigenvalue weighted by Gasteiger charge is 2.33. The largest absolute Gasteiger partial charge is 0.451 e. The number of hydrogen-bond donors (Lipinski definition) is 0. The number of carbonyl (C=O) groups excluding carboxylic acids is 1. The molecule has 7 nitrogen and oxygen atoms in total. The third kappa shape index (κ3) is 3.78. The van der Waals surface area contributed by atoms with Crippen LogP contribution in [0.5, 0.6) is 0 Å². The first-order valence-electron chi connectivity index (χ1n) is 10.6. The van der Waals surface area contributed by atoms with Crippen LogP contribution in [-0.4, -0.2) is 54.7 Å². The van der Waals surface area contributed by atoms with E-state index < -0.39 is 10.0 Å². The van der Waals surface area contributed by atoms with Gasteiger partial charge < -0.3 is 9.32 Å². The normalized spacial score (nSPS) is 15.4. The fraction of sp³-hybridized carbons (Fsp3) is 0.250. The molecule has 2 aromatic heterocycles. The number of rotatable bonds is 3. The highest BCUT2D eigenvalue weighted by molar-refractivity contribution is 7.89. The molecular weight excluding hydrogens is 462 g/mol. The zero-order valence-corrected chi connectivity index (χ0v) is 19.8. The van der Waals surface area contributed by atoms with Crippen LogP contribution >= 0.6 is 11.6 Å². The number of sulfonamides is 1. The Labute approximate surface area is 196 Å². The van der Waals surface area contributed by atoms with E-state index in [0.717, 1.165) is 21.9 Å². The number of pyridine rings is 1. The molecule has 2 aromatic carbocycles. The SMILES string of the molecule is Cc1cnc2c(S(=O)(=O)N3CCN(C(=O)c4oc5ccc(Cl)cc5c4C)CC3)cccc2c1. The number of piperazine rings is 1. The number of fused-ring (bicyclic) bond motifs is 2. The van der Waals surface area contributed by atoms with Crippen molar-refractivity contribution in [2.45, 2.75) is 18.7 Å². The number of aromatic nitrogens is 1. The number of furan rings is 1. The summed E-state index contributed by atoms with van der Waals surface area (Å²) >= 11 is 6.08. The smallest absolute Gasteiger partial charge is 0.289 e. The van der Waals surface area contributed by atoms with E-state index in [1.165, 1.54) is 4.31 Å². The molecule has 4 aromatic rings. The third-order valence-electron chi connectivity index (χ3n) is 6.05. The first-order chi connectivity index (χ1) is 15.8. The second-order valence-electron chi connectivity index (χ2n) is 8.23. The summed E-state index contributed by atoms with van der Waals surface area (Å²) in [5.74, 6) is 0.0105. The van der Waals surface area contributed by atoms with Crippen LogP contribution in [0.15, 0.2) is 58.0 Å². The van der Waals surface area contributed by atoms with Crippen LogP contribution in [0.3, 0.4) is 0 Å². The van der Waals surface area contributed by atoms with Crippen LogP contribution in [-0.2, 0) is 10.0 Å². The molecular formula is C24H22ClN3O4S. The van der Waals surface area contributed by atoms with Gasteiger partial charge in [0.05, 0.1) is 5.52 Å². The van der Waals surface area contributed by atoms with Gasteiger partial charge in [-0.25, -0.2) is 8.42 Å². The molecule has 0 aliphatic carbocycles. The van der Waals surface area contributed by atoms with Crippen LogP contribution in [0.2, 0.25) is 5.02 Å². The van der Waals surface area contributed by atoms with E-state index in [1.807, 2.05) is 26.0 Å². The average Bonchev–Trinajstić information content (AvgIpc) is 3.13. The van der Waals surface area contributed by atoms with Gasteiger partial charge in [0.25, 0.3) is 5.91 Å². The number of carbonyl (C=O) groups is 1. The molecule has 33 heavy (non-hydrogen) atoms. The van der Waals surface area contributed by atoms with Gasteiger partial charge >= 0.3 is 0 Å². The zero-order valence-electron chi connectivity index (χ0n) is 18.2. The van der Waals surface area contributed by atoms with Crippen molar-refractivity contribution in [1.29, 1.82) is 0 Å². The summed E-state index contributed by atoms with van der Waals surface area (Å²) in [6, 6.07) is 12.3. The molecule has 0 saturated carbocycles. The lowest BCUT2D eigenvalue weighted by Crippen LogP contribution is -2.50. The molecule has 1 amide bonds. The molecule has 1 aliphatic rings. The zero-order chi connectivity index (χ0) is 23.3. The molecule has 1 fully saturated rings. The monoisotopic (exact) mass is 483 g/mol. The van der Waals surface area contributed by atoms with Crippen molar-refractivity contribution in [3.63, 3.8) is 0 Å². The molecule has 0 radical (unpaired) electrons. The number of halogens is 1. The van der Waals surface area contributed by atoms with Gasteiger partial charge in [-0.15, -0.1) is 0 Å². The molecule has 170 valence electrons. The van der Waals surface area contributed by atoms with Crippen LogP contribution < -0.4 is 0 Å². The van der Waals surface area contributed by atoms with Gasteiger partial charge in [0.15, 0.2) is 5.76 Å². The van der Waals surface area contributed by atoms with Crippen LogP contribution in [0, 0.1) is 13.8 Å². The third-order valence-corrected chi connectivity index (χ3v) is 8.21. The lowest BCUT2D eigenvalue weighted by atomic mass is 10.1. The summed E-state index contributed by atoms with van der Waals surface area (Å²) < 4.78 is 34.0. The minimum Gasteiger partial charge on any atom is -0.451 e. The van der Waals surface area contributed by atoms with Gasteiger partial charge in [0.1, 0.15) is 10.5 Å². The number of amides is 1. The first kappa shape index (κ1) is 21.9. The van der Waals surface area contributed by atoms with Gasteiger partial charge in [-0.3, -0.25) is 9.78 Å². The molecule has 1 aliphatic heterocycles. The average molecular weight is 484 g/mol. The predicted molar refractivity (Wildman–Crippen MR) is 127 cm³/mol. The Bertz CT molecular complexity index is 1510. The molecule has 9 heteroatoms. The Kier molecular flexibility index (Phi) is 5.39. The fourth-order valence-corrected chi connectivity index (χ4v) is 6.02. The molecule has 0 N–H and O–H groups in total. The maximum absolute atomic E-state index is 13.4. The van der Waals surface area contributed by atoms with E-state index in [4.69, 9.17) is 16.0 Å². The van der Waals surface area contributed by atoms with E-state index in [2.05, 4.69) is 4.98 Å². The van der Waals surface area contributed by atoms with Gasteiger partial charge in [-0.2, -0.15) is 4.31 Å². The number of para-hydroxylation sites is 1. The Morgan fingerprint density at radius 1 is 1.06 bits per heavy atom. The second-order valence-corrected chi connectivity index (χ2v) is 10.6. The second kappa shape index (κ2) is 8.13. The summed E-state index contributed by atoms with van der Waals surface area (Å²) in [6.07, 6.45) is 1.67. The lowest BCUT2D eigenvalue weighted by molar-refractivity contribution is 0.0667. The number of aryl methyl sites for hydroxylation is 2. The Balaban J connectivity index is 1.37. The summed E-state index contributed by atoms with van der Waals surface area (Å²) in [6.45, 7) is 4.68. The summed E-state index contributed by atoms with van der Waals surface area (Å²) in [5.41, 5.74) is 2.75. The van der Waals surface area contributed by atoms with Crippen LogP contribution in [0.4, 0.5) is 0 Å². The van der Waals surface area contributed by atoms with Crippen molar-refractivity contribution >= 4 is 49.4 Å². The minimum atomic E-state index is -3.75. The summed E-state index contributed by atoms with van der Waals surface area (Å²) in [4.78, 5) is 19.3. The molecule has 5 rings (SSSR count). The number of hydrogen-bond acceptors (Lipinski definition) is 5. The molecule has 0 bridgehead atoms. The quantitative estimate of drug-likeness (QED) is 0.431. The maximum Gasteiger partial charge on any atom is 0.289 e. The van der Waals surface area contributed by atoms with Gasteiger partial charge in [-0.1, -0.05) is 23.7 Å². The number of benzene rings is 2. The summed E-state index contributed by atoms with van der Waals surface area (Å²) in [7, 11) is -3.75. The van der Waals surface area contributed by atoms with Crippen molar-refractivity contribution in [3.8, 4) is 0 Å². The van der Waals surface area contributed by atoms with Gasteiger partial charge in [-0.05, 0) is 49.7 Å². The summed E-state index contributed by atoms with van der Waals surface area (Å²) in [5, 5.41) is 2.15. The Morgan fingerprint density at radius 3 is 2.58 bits per heavy atom. The lowest BCUT2D eigenvalue weighted by Gasteiger charge is -2.33. The van der Waals surface area contributed by atoms with E-state index in [0.29, 0.717) is 16.1 Å². The fourth-order valence-electron chi connectivity index (χ4n) is 4.26. The molecule has 3 heterocycles. The Morgan fingerprint density at radius 2 is 1.82 bits per heavy atom. The van der Waals surface area contributed by atoms with Gasteiger partial charge in [0.2, 0.25) is 10.0 Å². The van der Waals surface area contributed by atoms with Crippen molar-refractivity contribution < 1.29 is 17.6 Å². The molecule has 1 saturated heterocycles. The van der Waals surface area contributed by atoms with Gasteiger partial charge in [0, 0.05) is 53.7 Å². The topological polar surface area (TPSA) is 83.7 Å². The van der Waals surface area contributed by atoms with E-state index in [1.54, 1.807) is 41.4 Å². The molecule has 0 atom stereocenters. The highest BCUT2D eigenvalue weighted by Crippen LogP contribution is 2.30. The minimum absolute atomic E-state index is 0.185. The van der Waals surface area contributed by atoms with Crippen molar-refractivity contribution in [1.82, 2.24) is 14.2 Å². The predicted octanol–water partition coefficient (Wildman–Crippen LogP) is 4.40. The molecule has 0 spiro atoms. The van der Waals surface area contributed by atoms with Crippen molar-refractivity contribution in [3.05, 3.63) is 70.6 Å². The number of nitrogens with zero attached hydrogens (tertiary/aromatic N) is 3. The van der Waals surface area contributed by atoms with Crippen molar-refractivity contribution in [2.24, 2.45) is 0 Å². The van der Waals surface area contributed by atoms with Crippen LogP contribution in [0.25, 0.3) is 21.9 Å². The standard InChI is InChI=1S/C24H22ClN3O4S/c1-15-12-17-4-3-5-21(22(17)26-14-15)33(30,31)28-10-8-27(9-11-28)24(29)23-16(2)19-13-18(25)6-7-20(19)32-23/h3-7,12-14H,8-11H2,1-2H3. The van der Waals surface area contributed by atoms with Crippen LogP contribution in [0.1, 0.15) is 21.7 Å². The van der Waals surface area contributed by atoms with E-state index in [9.17, 15) is 13.2 Å². The van der Waals surface area contributed by atoms with E-state index in [-0.39, 0.29) is 42.7 Å². The van der Waals surface area contributed by atoms with Crippen molar-refractivity contribution in [2.75, 3.05) is 26.2 Å². The van der Waals surface area contributed by atoms with E-state index >= 15 is 0 Å². The molecule has 0 unspecified atom stereocenters. The maximum atomic E-state index is 13.4. The Hall–Kier alpha value is -2.94. The highest BCUT2D eigenvalue weighted by atomic mass is 35.5. The first-order valence-corrected chi connectivity index (χ1v) is 12.4.